The first-order valence-corrected chi connectivity index (χ1v) is 11.9. The van der Waals surface area contributed by atoms with Gasteiger partial charge in [0.2, 0.25) is 0 Å². The highest BCUT2D eigenvalue weighted by atomic mass is 32.1. The van der Waals surface area contributed by atoms with Gasteiger partial charge in [-0.1, -0.05) is 84.9 Å². The Kier molecular flexibility index (Phi) is 24.5. The van der Waals surface area contributed by atoms with Crippen molar-refractivity contribution in [2.75, 3.05) is 26.2 Å². The van der Waals surface area contributed by atoms with E-state index in [-0.39, 0.29) is 0 Å². The quantitative estimate of drug-likeness (QED) is 0.101. The largest absolute Gasteiger partial charge is 0.753 e. The van der Waals surface area contributed by atoms with Gasteiger partial charge < -0.3 is 9.89 Å². The summed E-state index contributed by atoms with van der Waals surface area (Å²) in [6, 6.07) is 0. The van der Waals surface area contributed by atoms with Crippen LogP contribution in [0.15, 0.2) is 0 Å². The molecule has 0 atom stereocenters. The second-order valence-electron chi connectivity index (χ2n) is 7.86. The average Bonchev–Trinajstić information content (AvgIpc) is 2.65. The van der Waals surface area contributed by atoms with E-state index in [1.807, 2.05) is 0 Å². The van der Waals surface area contributed by atoms with Crippen LogP contribution in [-0.4, -0.2) is 35.8 Å². The van der Waals surface area contributed by atoms with Crippen LogP contribution in [0.25, 0.3) is 5.41 Å². The molecule has 0 spiro atoms. The first kappa shape index (κ1) is 28.0. The van der Waals surface area contributed by atoms with E-state index in [1.165, 1.54) is 126 Å². The molecule has 0 aliphatic carbocycles. The fraction of sp³-hybridized carbons (Fsp3) is 0.957. The van der Waals surface area contributed by atoms with Crippen LogP contribution in [0.5, 0.6) is 0 Å². The summed E-state index contributed by atoms with van der Waals surface area (Å²) in [6.07, 6.45) is 19.9. The monoisotopic (exact) mass is 384 g/mol. The maximum absolute atomic E-state index is 7.13. The molecular weight excluding hydrogens is 336 g/mol. The van der Waals surface area contributed by atoms with E-state index in [0.717, 1.165) is 0 Å². The molecule has 0 unspecified atom stereocenters. The van der Waals surface area contributed by atoms with Gasteiger partial charge in [-0.25, -0.2) is 0 Å². The first-order valence-electron chi connectivity index (χ1n) is 11.5. The van der Waals surface area contributed by atoms with Crippen molar-refractivity contribution in [3.63, 3.8) is 0 Å². The van der Waals surface area contributed by atoms with Gasteiger partial charge in [0.05, 0.1) is 26.2 Å². The molecule has 0 fully saturated rings. The van der Waals surface area contributed by atoms with Crippen molar-refractivity contribution >= 4 is 17.4 Å². The minimum atomic E-state index is 1.33. The van der Waals surface area contributed by atoms with Gasteiger partial charge in [-0.05, 0) is 44.9 Å². The van der Waals surface area contributed by atoms with E-state index in [9.17, 15) is 0 Å². The van der Waals surface area contributed by atoms with Crippen LogP contribution < -0.4 is 0 Å². The van der Waals surface area contributed by atoms with Gasteiger partial charge in [-0.15, -0.1) is 0 Å². The Labute approximate surface area is 171 Å². The van der Waals surface area contributed by atoms with Crippen molar-refractivity contribution < 1.29 is 4.48 Å². The smallest absolute Gasteiger partial charge is 0.0786 e. The number of thiocarbonyl (C=S) groups is 1. The number of unbranched alkanes of at least 4 members (excludes halogenated alkanes) is 10. The molecule has 0 bridgehead atoms. The Balaban J connectivity index is 0. The zero-order valence-corrected chi connectivity index (χ0v) is 19.3. The van der Waals surface area contributed by atoms with Gasteiger partial charge in [-0.2, -0.15) is 5.16 Å². The topological polar surface area (TPSA) is 22.3 Å². The summed E-state index contributed by atoms with van der Waals surface area (Å²) < 4.78 is 1.45. The standard InChI is InChI=1S/C22H48N.CNS/c1-5-9-13-16-20-23(19-12-8-4,21-17-14-10-6-2)22-18-15-11-7-3;2-1-3/h5-22H2,1-4H3;/q+1;-1. The van der Waals surface area contributed by atoms with Gasteiger partial charge in [-0.3, -0.25) is 0 Å². The van der Waals surface area contributed by atoms with Crippen LogP contribution >= 0.6 is 12.2 Å². The van der Waals surface area contributed by atoms with Crippen molar-refractivity contribution in [3.05, 3.63) is 5.41 Å². The molecule has 0 amide bonds. The van der Waals surface area contributed by atoms with Gasteiger partial charge in [0, 0.05) is 0 Å². The third-order valence-corrected chi connectivity index (χ3v) is 5.44. The molecule has 3 heteroatoms. The van der Waals surface area contributed by atoms with E-state index < -0.39 is 0 Å². The van der Waals surface area contributed by atoms with Crippen molar-refractivity contribution in [2.24, 2.45) is 0 Å². The maximum Gasteiger partial charge on any atom is 0.0786 e. The summed E-state index contributed by atoms with van der Waals surface area (Å²) in [5, 5.41) is 8.47. The highest BCUT2D eigenvalue weighted by molar-refractivity contribution is 7.78. The summed E-state index contributed by atoms with van der Waals surface area (Å²) >= 11 is 3.70. The van der Waals surface area contributed by atoms with Crippen LogP contribution in [0.1, 0.15) is 118 Å². The molecule has 0 N–H and O–H groups in total. The lowest BCUT2D eigenvalue weighted by atomic mass is 10.1. The third kappa shape index (κ3) is 18.5. The highest BCUT2D eigenvalue weighted by Crippen LogP contribution is 2.18. The molecule has 0 aromatic rings. The minimum absolute atomic E-state index is 1.33. The fourth-order valence-electron chi connectivity index (χ4n) is 3.79. The lowest BCUT2D eigenvalue weighted by Gasteiger charge is -2.39. The zero-order valence-electron chi connectivity index (χ0n) is 18.5. The normalized spacial score (nSPS) is 10.9. The molecule has 2 nitrogen and oxygen atoms in total. The number of hydrogen-bond acceptors (Lipinski definition) is 1. The Morgan fingerprint density at radius 1 is 0.538 bits per heavy atom. The Hall–Kier alpha value is -0.240. The third-order valence-electron chi connectivity index (χ3n) is 5.44. The van der Waals surface area contributed by atoms with Crippen molar-refractivity contribution in [1.82, 2.24) is 0 Å². The van der Waals surface area contributed by atoms with Crippen LogP contribution in [-0.2, 0) is 0 Å². The molecule has 0 saturated carbocycles. The van der Waals surface area contributed by atoms with Crippen molar-refractivity contribution in [2.45, 2.75) is 118 Å². The minimum Gasteiger partial charge on any atom is -0.753 e. The lowest BCUT2D eigenvalue weighted by Crippen LogP contribution is -2.50. The molecule has 0 rings (SSSR count). The predicted octanol–water partition coefficient (Wildman–Crippen LogP) is 8.00. The molecule has 0 aliphatic rings. The Morgan fingerprint density at radius 2 is 0.808 bits per heavy atom. The Morgan fingerprint density at radius 3 is 1.08 bits per heavy atom. The SMILES string of the molecule is CCCCCC[N+](CCCC)(CCCCCC)CCCCCC.[N-]=C=S. The number of isothiocyanates is 1. The first-order chi connectivity index (χ1) is 12.7. The second-order valence-corrected chi connectivity index (χ2v) is 8.05. The fourth-order valence-corrected chi connectivity index (χ4v) is 3.79. The Bertz CT molecular complexity index is 267. The highest BCUT2D eigenvalue weighted by Gasteiger charge is 2.25. The summed E-state index contributed by atoms with van der Waals surface area (Å²) in [7, 11) is 0. The number of nitrogens with zero attached hydrogens (tertiary/aromatic N) is 2. The lowest BCUT2D eigenvalue weighted by molar-refractivity contribution is -0.929. The van der Waals surface area contributed by atoms with Crippen molar-refractivity contribution in [3.8, 4) is 0 Å². The van der Waals surface area contributed by atoms with Gasteiger partial charge >= 0.3 is 0 Å². The molecule has 26 heavy (non-hydrogen) atoms. The van der Waals surface area contributed by atoms with E-state index >= 15 is 0 Å². The van der Waals surface area contributed by atoms with E-state index in [0.29, 0.717) is 0 Å². The van der Waals surface area contributed by atoms with Crippen LogP contribution in [0.2, 0.25) is 0 Å². The van der Waals surface area contributed by atoms with Gasteiger partial charge in [0.25, 0.3) is 0 Å². The molecule has 0 aromatic heterocycles. The number of quaternary nitrogens is 1. The predicted molar refractivity (Wildman–Crippen MR) is 123 cm³/mol. The van der Waals surface area contributed by atoms with Gasteiger partial charge in [0.15, 0.2) is 0 Å². The summed E-state index contributed by atoms with van der Waals surface area (Å²) in [5.41, 5.74) is 0. The van der Waals surface area contributed by atoms with Gasteiger partial charge in [0.1, 0.15) is 0 Å². The molecule has 0 heterocycles. The molecule has 156 valence electrons. The maximum atomic E-state index is 7.13. The molecule has 0 radical (unpaired) electrons. The van der Waals surface area contributed by atoms with Crippen LogP contribution in [0, 0.1) is 0 Å². The number of rotatable bonds is 18. The molecule has 0 aromatic carbocycles. The molecule has 0 aliphatic heterocycles. The molecule has 0 saturated heterocycles. The average molecular weight is 385 g/mol. The van der Waals surface area contributed by atoms with Crippen molar-refractivity contribution in [1.29, 1.82) is 0 Å². The summed E-state index contributed by atoms with van der Waals surface area (Å²) in [6.45, 7) is 15.2. The molecular formula is C23H48N2S. The van der Waals surface area contributed by atoms with E-state index in [1.54, 1.807) is 0 Å². The van der Waals surface area contributed by atoms with E-state index in [2.05, 4.69) is 39.9 Å². The number of hydrogen-bond donors (Lipinski definition) is 0. The summed E-state index contributed by atoms with van der Waals surface area (Å²) in [4.78, 5) is 0. The zero-order chi connectivity index (χ0) is 19.9. The second kappa shape index (κ2) is 22.8. The van der Waals surface area contributed by atoms with Crippen LogP contribution in [0.4, 0.5) is 0 Å². The van der Waals surface area contributed by atoms with E-state index in [4.69, 9.17) is 5.41 Å². The van der Waals surface area contributed by atoms with Crippen LogP contribution in [0.3, 0.4) is 0 Å². The summed E-state index contributed by atoms with van der Waals surface area (Å²) in [5.74, 6) is 0.